The quantitative estimate of drug-likeness (QED) is 0.580. The number of carbonyl (C=O) groups is 2. The second-order valence-electron chi connectivity index (χ2n) is 8.25. The number of benzene rings is 1. The second kappa shape index (κ2) is 10.0. The van der Waals surface area contributed by atoms with Gasteiger partial charge in [-0.3, -0.25) is 14.8 Å². The van der Waals surface area contributed by atoms with Crippen molar-refractivity contribution in [2.45, 2.75) is 39.3 Å². The van der Waals surface area contributed by atoms with Crippen molar-refractivity contribution in [1.82, 2.24) is 20.2 Å². The van der Waals surface area contributed by atoms with Gasteiger partial charge in [0.05, 0.1) is 17.6 Å². The molecule has 3 aromatic rings. The van der Waals surface area contributed by atoms with Gasteiger partial charge in [0.15, 0.2) is 0 Å². The van der Waals surface area contributed by atoms with Crippen molar-refractivity contribution in [3.05, 3.63) is 72.2 Å². The predicted octanol–water partition coefficient (Wildman–Crippen LogP) is 4.19. The maximum absolute atomic E-state index is 12.7. The minimum Gasteiger partial charge on any atom is -0.444 e. The third kappa shape index (κ3) is 6.50. The van der Waals surface area contributed by atoms with Crippen molar-refractivity contribution in [2.24, 2.45) is 0 Å². The van der Waals surface area contributed by atoms with E-state index in [2.05, 4.69) is 15.3 Å². The zero-order chi connectivity index (χ0) is 22.3. The van der Waals surface area contributed by atoms with Gasteiger partial charge in [0.25, 0.3) is 5.91 Å². The van der Waals surface area contributed by atoms with Gasteiger partial charge in [0.1, 0.15) is 5.60 Å². The lowest BCUT2D eigenvalue weighted by atomic mass is 10.1. The maximum Gasteiger partial charge on any atom is 0.410 e. The molecule has 162 valence electrons. The fraction of sp³-hybridized carbons (Fsp3) is 0.333. The van der Waals surface area contributed by atoms with Crippen molar-refractivity contribution < 1.29 is 14.3 Å². The summed E-state index contributed by atoms with van der Waals surface area (Å²) in [6, 6.07) is 13.0. The molecule has 1 N–H and O–H groups in total. The molecule has 2 aromatic heterocycles. The number of hydrogen-bond donors (Lipinski definition) is 1. The van der Waals surface area contributed by atoms with Gasteiger partial charge in [-0.2, -0.15) is 0 Å². The van der Waals surface area contributed by atoms with Gasteiger partial charge in [0.2, 0.25) is 0 Å². The minimum absolute atomic E-state index is 0.158. The summed E-state index contributed by atoms with van der Waals surface area (Å²) in [6.07, 6.45) is 5.26. The first-order valence-electron chi connectivity index (χ1n) is 10.3. The number of para-hydroxylation sites is 1. The zero-order valence-electron chi connectivity index (χ0n) is 18.2. The van der Waals surface area contributed by atoms with E-state index in [4.69, 9.17) is 4.74 Å². The van der Waals surface area contributed by atoms with Crippen LogP contribution >= 0.6 is 0 Å². The Morgan fingerprint density at radius 2 is 1.87 bits per heavy atom. The van der Waals surface area contributed by atoms with Crippen molar-refractivity contribution in [1.29, 1.82) is 0 Å². The largest absolute Gasteiger partial charge is 0.444 e. The number of amides is 2. The second-order valence-corrected chi connectivity index (χ2v) is 8.25. The molecule has 0 saturated carbocycles. The molecule has 0 aliphatic carbocycles. The van der Waals surface area contributed by atoms with Gasteiger partial charge in [-0.1, -0.05) is 24.3 Å². The lowest BCUT2D eigenvalue weighted by Gasteiger charge is -2.27. The molecule has 7 nitrogen and oxygen atoms in total. The number of hydrogen-bond acceptors (Lipinski definition) is 5. The van der Waals surface area contributed by atoms with Crippen molar-refractivity contribution >= 4 is 22.9 Å². The van der Waals surface area contributed by atoms with E-state index < -0.39 is 5.60 Å². The molecule has 31 heavy (non-hydrogen) atoms. The molecule has 0 aliphatic heterocycles. The Kier molecular flexibility index (Phi) is 7.18. The highest BCUT2D eigenvalue weighted by atomic mass is 16.6. The van der Waals surface area contributed by atoms with E-state index in [1.165, 1.54) is 0 Å². The number of rotatable bonds is 7. The zero-order valence-corrected chi connectivity index (χ0v) is 18.2. The molecule has 7 heteroatoms. The van der Waals surface area contributed by atoms with Crippen LogP contribution in [-0.4, -0.2) is 45.6 Å². The van der Waals surface area contributed by atoms with Crippen LogP contribution in [0.3, 0.4) is 0 Å². The molecule has 0 atom stereocenters. The fourth-order valence-corrected chi connectivity index (χ4v) is 3.13. The number of carbonyl (C=O) groups excluding carboxylic acids is 2. The van der Waals surface area contributed by atoms with Crippen LogP contribution in [-0.2, 0) is 11.3 Å². The standard InChI is InChI=1S/C24H28N4O3/c1-24(2,3)31-23(30)28(17-18-8-6-12-25-16-18)15-7-13-27-22(29)20-11-14-26-21-10-5-4-9-19(20)21/h4-6,8-12,14,16H,7,13,15,17H2,1-3H3,(H,27,29). The first-order chi connectivity index (χ1) is 14.8. The monoisotopic (exact) mass is 420 g/mol. The molecule has 0 spiro atoms. The molecular weight excluding hydrogens is 392 g/mol. The van der Waals surface area contributed by atoms with Crippen LogP contribution in [0.4, 0.5) is 4.79 Å². The fourth-order valence-electron chi connectivity index (χ4n) is 3.13. The number of aromatic nitrogens is 2. The third-order valence-corrected chi connectivity index (χ3v) is 4.53. The van der Waals surface area contributed by atoms with Crippen molar-refractivity contribution in [3.8, 4) is 0 Å². The van der Waals surface area contributed by atoms with E-state index in [-0.39, 0.29) is 12.0 Å². The Bertz CT molecular complexity index is 1030. The van der Waals surface area contributed by atoms with E-state index in [9.17, 15) is 9.59 Å². The van der Waals surface area contributed by atoms with E-state index >= 15 is 0 Å². The minimum atomic E-state index is -0.582. The molecule has 1 aromatic carbocycles. The topological polar surface area (TPSA) is 84.4 Å². The van der Waals surface area contributed by atoms with E-state index in [1.54, 1.807) is 29.6 Å². The van der Waals surface area contributed by atoms with Crippen LogP contribution in [0.15, 0.2) is 61.1 Å². The summed E-state index contributed by atoms with van der Waals surface area (Å²) in [4.78, 5) is 35.3. The van der Waals surface area contributed by atoms with Gasteiger partial charge >= 0.3 is 6.09 Å². The average Bonchev–Trinajstić information content (AvgIpc) is 2.74. The van der Waals surface area contributed by atoms with Gasteiger partial charge in [0, 0.05) is 37.1 Å². The molecule has 0 fully saturated rings. The van der Waals surface area contributed by atoms with Crippen LogP contribution in [0.2, 0.25) is 0 Å². The highest BCUT2D eigenvalue weighted by molar-refractivity contribution is 6.05. The molecule has 0 radical (unpaired) electrons. The number of nitrogens with one attached hydrogen (secondary N) is 1. The summed E-state index contributed by atoms with van der Waals surface area (Å²) in [6.45, 7) is 6.79. The lowest BCUT2D eigenvalue weighted by Crippen LogP contribution is -2.38. The highest BCUT2D eigenvalue weighted by Gasteiger charge is 2.22. The number of pyridine rings is 2. The molecule has 0 bridgehead atoms. The van der Waals surface area contributed by atoms with Crippen LogP contribution in [0, 0.1) is 0 Å². The first-order valence-corrected chi connectivity index (χ1v) is 10.3. The highest BCUT2D eigenvalue weighted by Crippen LogP contribution is 2.16. The molecule has 0 aliphatic rings. The average molecular weight is 421 g/mol. The Hall–Kier alpha value is -3.48. The van der Waals surface area contributed by atoms with E-state index in [0.717, 1.165) is 16.5 Å². The van der Waals surface area contributed by atoms with Crippen molar-refractivity contribution in [2.75, 3.05) is 13.1 Å². The Morgan fingerprint density at radius 3 is 2.61 bits per heavy atom. The molecule has 3 rings (SSSR count). The summed E-state index contributed by atoms with van der Waals surface area (Å²) < 4.78 is 5.54. The smallest absolute Gasteiger partial charge is 0.410 e. The molecule has 0 saturated heterocycles. The molecular formula is C24H28N4O3. The Morgan fingerprint density at radius 1 is 1.06 bits per heavy atom. The van der Waals surface area contributed by atoms with Gasteiger partial charge in [-0.05, 0) is 51.0 Å². The Balaban J connectivity index is 1.59. The SMILES string of the molecule is CC(C)(C)OC(=O)N(CCCNC(=O)c1ccnc2ccccc12)Cc1cccnc1. The van der Waals surface area contributed by atoms with E-state index in [1.807, 2.05) is 57.2 Å². The van der Waals surface area contributed by atoms with Crippen LogP contribution in [0.25, 0.3) is 10.9 Å². The summed E-state index contributed by atoms with van der Waals surface area (Å²) in [7, 11) is 0. The van der Waals surface area contributed by atoms with Gasteiger partial charge in [-0.15, -0.1) is 0 Å². The predicted molar refractivity (Wildman–Crippen MR) is 120 cm³/mol. The first kappa shape index (κ1) is 22.2. The maximum atomic E-state index is 12.7. The molecule has 0 unspecified atom stereocenters. The van der Waals surface area contributed by atoms with E-state index in [0.29, 0.717) is 31.6 Å². The Labute approximate surface area is 182 Å². The van der Waals surface area contributed by atoms with Crippen molar-refractivity contribution in [3.63, 3.8) is 0 Å². The summed E-state index contributed by atoms with van der Waals surface area (Å²) in [5, 5.41) is 3.75. The van der Waals surface area contributed by atoms with Crippen LogP contribution in [0.5, 0.6) is 0 Å². The van der Waals surface area contributed by atoms with Gasteiger partial charge in [-0.25, -0.2) is 4.79 Å². The third-order valence-electron chi connectivity index (χ3n) is 4.53. The summed E-state index contributed by atoms with van der Waals surface area (Å²) in [5.74, 6) is -0.158. The van der Waals surface area contributed by atoms with Crippen LogP contribution < -0.4 is 5.32 Å². The number of ether oxygens (including phenoxy) is 1. The van der Waals surface area contributed by atoms with Crippen LogP contribution in [0.1, 0.15) is 43.1 Å². The van der Waals surface area contributed by atoms with Gasteiger partial charge < -0.3 is 15.0 Å². The normalized spacial score (nSPS) is 11.2. The lowest BCUT2D eigenvalue weighted by molar-refractivity contribution is 0.0232. The molecule has 2 amide bonds. The summed E-state index contributed by atoms with van der Waals surface area (Å²) >= 11 is 0. The summed E-state index contributed by atoms with van der Waals surface area (Å²) in [5.41, 5.74) is 1.70. The number of fused-ring (bicyclic) bond motifs is 1. The number of nitrogens with zero attached hydrogens (tertiary/aromatic N) is 3. The molecule has 2 heterocycles.